The first-order chi connectivity index (χ1) is 16.7. The zero-order chi connectivity index (χ0) is 24.9. The van der Waals surface area contributed by atoms with E-state index in [4.69, 9.17) is 0 Å². The van der Waals surface area contributed by atoms with Gasteiger partial charge in [-0.2, -0.15) is 0 Å². The van der Waals surface area contributed by atoms with Crippen molar-refractivity contribution in [3.63, 3.8) is 0 Å². The van der Waals surface area contributed by atoms with Crippen LogP contribution in [0.25, 0.3) is 22.5 Å². The summed E-state index contributed by atoms with van der Waals surface area (Å²) in [4.78, 5) is 29.9. The lowest BCUT2D eigenvalue weighted by molar-refractivity contribution is 0.145. The first-order valence-electron chi connectivity index (χ1n) is 11.0. The SMILES string of the molecule is Cc1nc2n3c(c(-c4ccn(C)c(=O)c4)cc-2c(=NC(C)c2nccc(C(F)F)c2F)n1)NCC3. The van der Waals surface area contributed by atoms with Crippen molar-refractivity contribution in [1.82, 2.24) is 24.1 Å². The van der Waals surface area contributed by atoms with Gasteiger partial charge in [-0.25, -0.2) is 23.1 Å². The van der Waals surface area contributed by atoms with Gasteiger partial charge < -0.3 is 14.5 Å². The summed E-state index contributed by atoms with van der Waals surface area (Å²) in [6.45, 7) is 4.62. The van der Waals surface area contributed by atoms with Crippen molar-refractivity contribution in [2.24, 2.45) is 12.0 Å². The second-order valence-electron chi connectivity index (χ2n) is 8.39. The molecule has 0 bridgehead atoms. The predicted octanol–water partition coefficient (Wildman–Crippen LogP) is 3.62. The molecule has 0 saturated heterocycles. The van der Waals surface area contributed by atoms with Crippen LogP contribution in [0, 0.1) is 12.7 Å². The highest BCUT2D eigenvalue weighted by Crippen LogP contribution is 2.35. The van der Waals surface area contributed by atoms with E-state index in [1.807, 2.05) is 16.7 Å². The topological polar surface area (TPSA) is 90.0 Å². The van der Waals surface area contributed by atoms with Crippen molar-refractivity contribution in [3.05, 3.63) is 75.4 Å². The second kappa shape index (κ2) is 8.64. The van der Waals surface area contributed by atoms with Gasteiger partial charge in [-0.05, 0) is 37.6 Å². The number of fused-ring (bicyclic) bond motifs is 3. The lowest BCUT2D eigenvalue weighted by atomic mass is 10.0. The molecule has 1 atom stereocenters. The third-order valence-electron chi connectivity index (χ3n) is 6.02. The Morgan fingerprint density at radius 2 is 1.97 bits per heavy atom. The Balaban J connectivity index is 1.74. The first kappa shape index (κ1) is 22.8. The third-order valence-corrected chi connectivity index (χ3v) is 6.02. The van der Waals surface area contributed by atoms with E-state index in [1.165, 1.54) is 4.57 Å². The van der Waals surface area contributed by atoms with Gasteiger partial charge in [-0.3, -0.25) is 14.8 Å². The molecule has 8 nitrogen and oxygen atoms in total. The number of alkyl halides is 2. The summed E-state index contributed by atoms with van der Waals surface area (Å²) in [6, 6.07) is 5.32. The number of nitrogens with zero attached hydrogens (tertiary/aromatic N) is 6. The maximum Gasteiger partial charge on any atom is 0.266 e. The summed E-state index contributed by atoms with van der Waals surface area (Å²) < 4.78 is 44.6. The van der Waals surface area contributed by atoms with Crippen molar-refractivity contribution < 1.29 is 13.2 Å². The Labute approximate surface area is 198 Å². The lowest BCUT2D eigenvalue weighted by Gasteiger charge is -2.18. The Hall–Kier alpha value is -4.02. The minimum absolute atomic E-state index is 0.154. The van der Waals surface area contributed by atoms with Crippen LogP contribution in [0.2, 0.25) is 0 Å². The lowest BCUT2D eigenvalue weighted by Crippen LogP contribution is -2.21. The number of pyridine rings is 3. The standard InChI is InChI=1S/C24H22F3N7O/c1-12(20-19(25)15(21(26)27)4-6-28-20)30-22-17-11-16(14-5-8-33(3)18(35)10-14)23-29-7-9-34(23)24(17)32-13(2)31-22/h4-6,8,10-12,21,29H,7,9H2,1-3H3. The Morgan fingerprint density at radius 1 is 1.17 bits per heavy atom. The van der Waals surface area contributed by atoms with Crippen molar-refractivity contribution in [2.45, 2.75) is 32.9 Å². The van der Waals surface area contributed by atoms with Gasteiger partial charge in [-0.1, -0.05) is 0 Å². The van der Waals surface area contributed by atoms with Crippen molar-refractivity contribution in [1.29, 1.82) is 0 Å². The molecule has 0 amide bonds. The molecule has 3 aliphatic heterocycles. The summed E-state index contributed by atoms with van der Waals surface area (Å²) in [7, 11) is 1.68. The number of hydrogen-bond donors (Lipinski definition) is 1. The normalized spacial score (nSPS) is 14.4. The quantitative estimate of drug-likeness (QED) is 0.481. The fourth-order valence-corrected chi connectivity index (χ4v) is 4.26. The van der Waals surface area contributed by atoms with Gasteiger partial charge in [0.2, 0.25) is 0 Å². The van der Waals surface area contributed by atoms with E-state index in [9.17, 15) is 18.0 Å². The van der Waals surface area contributed by atoms with Crippen LogP contribution in [0.1, 0.15) is 36.5 Å². The highest BCUT2D eigenvalue weighted by Gasteiger charge is 2.25. The van der Waals surface area contributed by atoms with Crippen LogP contribution >= 0.6 is 0 Å². The third kappa shape index (κ3) is 3.96. The van der Waals surface area contributed by atoms with Crippen LogP contribution < -0.4 is 16.4 Å². The fourth-order valence-electron chi connectivity index (χ4n) is 4.26. The Kier molecular flexibility index (Phi) is 5.62. The molecule has 2 aromatic rings. The maximum absolute atomic E-state index is 14.7. The molecule has 11 heteroatoms. The zero-order valence-electron chi connectivity index (χ0n) is 19.3. The average molecular weight is 481 g/mol. The minimum atomic E-state index is -2.96. The van der Waals surface area contributed by atoms with Gasteiger partial charge in [-0.15, -0.1) is 0 Å². The molecule has 35 heavy (non-hydrogen) atoms. The van der Waals surface area contributed by atoms with Crippen LogP contribution in [-0.4, -0.2) is 30.6 Å². The molecule has 1 unspecified atom stereocenters. The van der Waals surface area contributed by atoms with Gasteiger partial charge in [0.1, 0.15) is 23.2 Å². The fraction of sp³-hybridized carbons (Fsp3) is 0.292. The monoisotopic (exact) mass is 481 g/mol. The predicted molar refractivity (Wildman–Crippen MR) is 124 cm³/mol. The molecule has 0 aromatic carbocycles. The molecule has 0 aliphatic carbocycles. The van der Waals surface area contributed by atoms with E-state index in [-0.39, 0.29) is 16.7 Å². The van der Waals surface area contributed by atoms with E-state index in [0.717, 1.165) is 23.6 Å². The number of halogens is 3. The highest BCUT2D eigenvalue weighted by molar-refractivity contribution is 5.82. The van der Waals surface area contributed by atoms with Gasteiger partial charge in [0, 0.05) is 44.2 Å². The molecule has 1 N–H and O–H groups in total. The number of rotatable bonds is 4. The molecule has 5 rings (SSSR count). The molecule has 2 aromatic heterocycles. The largest absolute Gasteiger partial charge is 0.369 e. The van der Waals surface area contributed by atoms with E-state index >= 15 is 0 Å². The van der Waals surface area contributed by atoms with Gasteiger partial charge in [0.15, 0.2) is 11.3 Å². The summed E-state index contributed by atoms with van der Waals surface area (Å²) >= 11 is 0. The molecule has 3 aliphatic rings. The average Bonchev–Trinajstić information content (AvgIpc) is 3.31. The van der Waals surface area contributed by atoms with Gasteiger partial charge in [0.05, 0.1) is 17.2 Å². The van der Waals surface area contributed by atoms with E-state index in [1.54, 1.807) is 33.2 Å². The molecular formula is C24H22F3N7O. The smallest absolute Gasteiger partial charge is 0.266 e. The van der Waals surface area contributed by atoms with Crippen molar-refractivity contribution >= 4 is 5.82 Å². The first-order valence-corrected chi connectivity index (χ1v) is 11.0. The molecular weight excluding hydrogens is 459 g/mol. The summed E-state index contributed by atoms with van der Waals surface area (Å²) in [5.41, 5.74) is 1.31. The molecule has 180 valence electrons. The number of aromatic nitrogens is 5. The van der Waals surface area contributed by atoms with E-state index in [2.05, 4.69) is 25.3 Å². The molecule has 0 fully saturated rings. The number of hydrogen-bond acceptors (Lipinski definition) is 6. The summed E-state index contributed by atoms with van der Waals surface area (Å²) in [5.74, 6) is 0.834. The number of nitrogens with one attached hydrogen (secondary N) is 1. The van der Waals surface area contributed by atoms with E-state index < -0.39 is 23.8 Å². The molecule has 0 saturated carbocycles. The molecule has 0 spiro atoms. The zero-order valence-corrected chi connectivity index (χ0v) is 19.3. The van der Waals surface area contributed by atoms with Crippen LogP contribution in [0.15, 0.2) is 46.4 Å². The number of anilines is 1. The van der Waals surface area contributed by atoms with Crippen LogP contribution in [0.4, 0.5) is 19.0 Å². The summed E-state index contributed by atoms with van der Waals surface area (Å²) in [6.07, 6.45) is -0.117. The van der Waals surface area contributed by atoms with Gasteiger partial charge in [0.25, 0.3) is 12.0 Å². The van der Waals surface area contributed by atoms with Gasteiger partial charge >= 0.3 is 0 Å². The maximum atomic E-state index is 14.7. The van der Waals surface area contributed by atoms with Crippen LogP contribution in [0.3, 0.4) is 0 Å². The Bertz CT molecular complexity index is 1540. The summed E-state index contributed by atoms with van der Waals surface area (Å²) in [5, 5.41) is 3.36. The number of aryl methyl sites for hydroxylation is 2. The second-order valence-corrected chi connectivity index (χ2v) is 8.39. The molecule has 0 radical (unpaired) electrons. The van der Waals surface area contributed by atoms with Crippen LogP contribution in [-0.2, 0) is 13.6 Å². The Morgan fingerprint density at radius 3 is 2.71 bits per heavy atom. The minimum Gasteiger partial charge on any atom is -0.369 e. The molecule has 5 heterocycles. The van der Waals surface area contributed by atoms with E-state index in [0.29, 0.717) is 35.9 Å². The van der Waals surface area contributed by atoms with Crippen LogP contribution in [0.5, 0.6) is 0 Å². The van der Waals surface area contributed by atoms with Crippen molar-refractivity contribution in [3.8, 4) is 22.5 Å². The highest BCUT2D eigenvalue weighted by atomic mass is 19.3. The van der Waals surface area contributed by atoms with Crippen molar-refractivity contribution in [2.75, 3.05) is 11.9 Å².